The molecule has 23 heavy (non-hydrogen) atoms. The van der Waals surface area contributed by atoms with Crippen molar-refractivity contribution >= 4 is 17.3 Å². The van der Waals surface area contributed by atoms with Gasteiger partial charge in [0.1, 0.15) is 6.54 Å². The summed E-state index contributed by atoms with van der Waals surface area (Å²) in [5.41, 5.74) is 6.86. The van der Waals surface area contributed by atoms with Crippen molar-refractivity contribution in [3.05, 3.63) is 69.8 Å². The molecule has 1 aromatic carbocycles. The first-order chi connectivity index (χ1) is 11.1. The summed E-state index contributed by atoms with van der Waals surface area (Å²) in [5, 5.41) is 4.80. The highest BCUT2D eigenvalue weighted by atomic mass is 35.5. The molecule has 5 heteroatoms. The Morgan fingerprint density at radius 3 is 2.57 bits per heavy atom. The van der Waals surface area contributed by atoms with Crippen molar-refractivity contribution in [3.63, 3.8) is 0 Å². The molecule has 4 nitrogen and oxygen atoms in total. The molecule has 0 radical (unpaired) electrons. The van der Waals surface area contributed by atoms with Crippen LogP contribution in [0.2, 0.25) is 5.02 Å². The van der Waals surface area contributed by atoms with Gasteiger partial charge in [0.05, 0.1) is 17.0 Å². The normalized spacial score (nSPS) is 13.1. The summed E-state index contributed by atoms with van der Waals surface area (Å²) >= 11 is 6.02. The number of aromatic nitrogens is 2. The van der Waals surface area contributed by atoms with E-state index < -0.39 is 0 Å². The molecule has 0 atom stereocenters. The standard InChI is InChI=1S/C18H14ClN3O/c1-10-17-14(7-8-20-10)16-11(2)22-23-15(16)9-21-18(17)12-3-5-13(19)6-4-12/h3-8H,9H2,1-2H3. The third-order valence-corrected chi connectivity index (χ3v) is 4.33. The Kier molecular flexibility index (Phi) is 3.27. The third kappa shape index (κ3) is 2.26. The molecule has 3 aromatic rings. The lowest BCUT2D eigenvalue weighted by atomic mass is 9.93. The second kappa shape index (κ2) is 5.32. The maximum atomic E-state index is 6.02. The summed E-state index contributed by atoms with van der Waals surface area (Å²) in [5.74, 6) is 0.790. The monoisotopic (exact) mass is 323 g/mol. The van der Waals surface area contributed by atoms with Gasteiger partial charge < -0.3 is 4.52 Å². The van der Waals surface area contributed by atoms with E-state index in [-0.39, 0.29) is 0 Å². The Bertz CT molecular complexity index is 926. The van der Waals surface area contributed by atoms with Crippen LogP contribution < -0.4 is 0 Å². The van der Waals surface area contributed by atoms with Crippen molar-refractivity contribution in [2.45, 2.75) is 20.4 Å². The quantitative estimate of drug-likeness (QED) is 0.668. The first-order valence-electron chi connectivity index (χ1n) is 7.37. The van der Waals surface area contributed by atoms with Crippen LogP contribution >= 0.6 is 11.6 Å². The Morgan fingerprint density at radius 1 is 1.00 bits per heavy atom. The summed E-state index contributed by atoms with van der Waals surface area (Å²) < 4.78 is 5.47. The van der Waals surface area contributed by atoms with Crippen molar-refractivity contribution < 1.29 is 4.52 Å². The highest BCUT2D eigenvalue weighted by Crippen LogP contribution is 2.35. The number of hydrogen-bond donors (Lipinski definition) is 0. The van der Waals surface area contributed by atoms with Crippen LogP contribution in [0.4, 0.5) is 0 Å². The molecular formula is C18H14ClN3O. The van der Waals surface area contributed by atoms with Crippen LogP contribution in [0.15, 0.2) is 46.0 Å². The second-order valence-corrected chi connectivity index (χ2v) is 5.99. The van der Waals surface area contributed by atoms with Crippen LogP contribution in [0.5, 0.6) is 0 Å². The zero-order valence-corrected chi connectivity index (χ0v) is 13.6. The van der Waals surface area contributed by atoms with E-state index in [1.165, 1.54) is 0 Å². The lowest BCUT2D eigenvalue weighted by Gasteiger charge is -2.12. The minimum absolute atomic E-state index is 0.461. The smallest absolute Gasteiger partial charge is 0.166 e. The Labute approximate surface area is 138 Å². The van der Waals surface area contributed by atoms with Gasteiger partial charge in [-0.2, -0.15) is 0 Å². The third-order valence-electron chi connectivity index (χ3n) is 4.08. The molecule has 2 aromatic heterocycles. The number of rotatable bonds is 1. The van der Waals surface area contributed by atoms with E-state index in [0.717, 1.165) is 45.1 Å². The van der Waals surface area contributed by atoms with Gasteiger partial charge in [-0.1, -0.05) is 28.9 Å². The van der Waals surface area contributed by atoms with Crippen LogP contribution in [0.25, 0.3) is 11.1 Å². The molecule has 3 heterocycles. The minimum Gasteiger partial charge on any atom is -0.358 e. The fourth-order valence-corrected chi connectivity index (χ4v) is 3.14. The Morgan fingerprint density at radius 2 is 1.78 bits per heavy atom. The fraction of sp³-hybridized carbons (Fsp3) is 0.167. The number of halogens is 1. The SMILES string of the molecule is Cc1nccc2c1C(c1ccc(Cl)cc1)=NCc1onc(C)c1-2. The minimum atomic E-state index is 0.461. The van der Waals surface area contributed by atoms with Crippen molar-refractivity contribution in [2.75, 3.05) is 0 Å². The van der Waals surface area contributed by atoms with E-state index in [0.29, 0.717) is 11.6 Å². The number of aryl methyl sites for hydroxylation is 2. The first kappa shape index (κ1) is 14.2. The molecule has 0 unspecified atom stereocenters. The van der Waals surface area contributed by atoms with Gasteiger partial charge in [0.25, 0.3) is 0 Å². The largest absolute Gasteiger partial charge is 0.358 e. The van der Waals surface area contributed by atoms with Gasteiger partial charge in [0.15, 0.2) is 5.76 Å². The molecule has 1 aliphatic rings. The van der Waals surface area contributed by atoms with E-state index in [1.807, 2.05) is 50.4 Å². The Hall–Kier alpha value is -2.46. The van der Waals surface area contributed by atoms with E-state index in [2.05, 4.69) is 10.1 Å². The van der Waals surface area contributed by atoms with Crippen LogP contribution in [0.1, 0.15) is 28.3 Å². The maximum Gasteiger partial charge on any atom is 0.166 e. The summed E-state index contributed by atoms with van der Waals surface area (Å²) in [6.45, 7) is 4.41. The molecule has 0 saturated carbocycles. The number of nitrogens with zero attached hydrogens (tertiary/aromatic N) is 3. The molecule has 0 bridgehead atoms. The van der Waals surface area contributed by atoms with Crippen molar-refractivity contribution in [1.82, 2.24) is 10.1 Å². The highest BCUT2D eigenvalue weighted by Gasteiger charge is 2.25. The number of benzene rings is 1. The molecule has 0 aliphatic carbocycles. The summed E-state index contributed by atoms with van der Waals surface area (Å²) in [7, 11) is 0. The van der Waals surface area contributed by atoms with Gasteiger partial charge in [-0.3, -0.25) is 9.98 Å². The lowest BCUT2D eigenvalue weighted by molar-refractivity contribution is 0.382. The number of hydrogen-bond acceptors (Lipinski definition) is 4. The molecule has 114 valence electrons. The molecule has 0 N–H and O–H groups in total. The predicted octanol–water partition coefficient (Wildman–Crippen LogP) is 4.36. The molecule has 4 rings (SSSR count). The average molecular weight is 324 g/mol. The van der Waals surface area contributed by atoms with Crippen molar-refractivity contribution in [3.8, 4) is 11.1 Å². The van der Waals surface area contributed by atoms with Crippen molar-refractivity contribution in [2.24, 2.45) is 4.99 Å². The highest BCUT2D eigenvalue weighted by molar-refractivity contribution is 6.30. The van der Waals surface area contributed by atoms with Crippen molar-refractivity contribution in [1.29, 1.82) is 0 Å². The van der Waals surface area contributed by atoms with Gasteiger partial charge in [-0.25, -0.2) is 0 Å². The summed E-state index contributed by atoms with van der Waals surface area (Å²) in [6, 6.07) is 9.72. The molecular weight excluding hydrogens is 310 g/mol. The van der Waals surface area contributed by atoms with E-state index >= 15 is 0 Å². The average Bonchev–Trinajstić information content (AvgIpc) is 2.82. The maximum absolute atomic E-state index is 6.02. The van der Waals surface area contributed by atoms with Gasteiger partial charge in [-0.15, -0.1) is 0 Å². The van der Waals surface area contributed by atoms with Gasteiger partial charge in [0, 0.05) is 28.0 Å². The number of pyridine rings is 1. The van der Waals surface area contributed by atoms with E-state index in [4.69, 9.17) is 21.1 Å². The Balaban J connectivity index is 2.01. The number of fused-ring (bicyclic) bond motifs is 3. The molecule has 0 fully saturated rings. The van der Waals surface area contributed by atoms with Crippen LogP contribution in [0, 0.1) is 13.8 Å². The van der Waals surface area contributed by atoms with E-state index in [9.17, 15) is 0 Å². The van der Waals surface area contributed by atoms with Gasteiger partial charge >= 0.3 is 0 Å². The van der Waals surface area contributed by atoms with Gasteiger partial charge in [-0.05, 0) is 37.6 Å². The van der Waals surface area contributed by atoms with Crippen LogP contribution in [0.3, 0.4) is 0 Å². The molecule has 1 aliphatic heterocycles. The summed E-state index contributed by atoms with van der Waals surface area (Å²) in [4.78, 5) is 9.24. The molecule has 0 spiro atoms. The zero-order valence-electron chi connectivity index (χ0n) is 12.8. The number of aliphatic imine (C=N–C) groups is 1. The van der Waals surface area contributed by atoms with E-state index in [1.54, 1.807) is 0 Å². The second-order valence-electron chi connectivity index (χ2n) is 5.56. The first-order valence-corrected chi connectivity index (χ1v) is 7.75. The molecule has 0 saturated heterocycles. The topological polar surface area (TPSA) is 51.3 Å². The van der Waals surface area contributed by atoms with Crippen LogP contribution in [-0.4, -0.2) is 15.9 Å². The predicted molar refractivity (Wildman–Crippen MR) is 90.0 cm³/mol. The van der Waals surface area contributed by atoms with Crippen LogP contribution in [-0.2, 0) is 6.54 Å². The van der Waals surface area contributed by atoms with Gasteiger partial charge in [0.2, 0.25) is 0 Å². The fourth-order valence-electron chi connectivity index (χ4n) is 3.02. The summed E-state index contributed by atoms with van der Waals surface area (Å²) in [6.07, 6.45) is 1.81. The zero-order chi connectivity index (χ0) is 16.0. The molecule has 0 amide bonds. The lowest BCUT2D eigenvalue weighted by Crippen LogP contribution is -2.08.